The van der Waals surface area contributed by atoms with Crippen molar-refractivity contribution in [3.8, 4) is 11.1 Å². The van der Waals surface area contributed by atoms with Crippen molar-refractivity contribution in [2.24, 2.45) is 0 Å². The van der Waals surface area contributed by atoms with Gasteiger partial charge in [0.05, 0.1) is 21.3 Å². The first-order valence-electron chi connectivity index (χ1n) is 9.91. The van der Waals surface area contributed by atoms with Gasteiger partial charge in [-0.15, -0.1) is 11.3 Å². The molecule has 2 aromatic carbocycles. The molecule has 2 N–H and O–H groups in total. The lowest BCUT2D eigenvalue weighted by Gasteiger charge is -2.22. The quantitative estimate of drug-likeness (QED) is 0.686. The zero-order valence-corrected chi connectivity index (χ0v) is 16.8. The van der Waals surface area contributed by atoms with Gasteiger partial charge in [-0.2, -0.15) is 0 Å². The number of carbonyl (C=O) groups excluding carboxylic acids is 2. The maximum atomic E-state index is 13.0. The molecule has 2 heterocycles. The second kappa shape index (κ2) is 7.24. The molecule has 2 aliphatic rings. The van der Waals surface area contributed by atoms with Crippen molar-refractivity contribution in [2.75, 3.05) is 26.2 Å². The SMILES string of the molecule is O=C(c1ccc(-c2ccc3scnc3c2)cc1)N1CCNC(=O)C2(CC2)NCC1. The summed E-state index contributed by atoms with van der Waals surface area (Å²) in [5, 5.41) is 6.29. The number of nitrogens with one attached hydrogen (secondary N) is 2. The van der Waals surface area contributed by atoms with Crippen molar-refractivity contribution in [2.45, 2.75) is 18.4 Å². The molecule has 2 amide bonds. The second-order valence-electron chi connectivity index (χ2n) is 7.67. The molecule has 1 aliphatic heterocycles. The van der Waals surface area contributed by atoms with Gasteiger partial charge in [0.1, 0.15) is 0 Å². The van der Waals surface area contributed by atoms with Crippen LogP contribution in [0, 0.1) is 0 Å². The van der Waals surface area contributed by atoms with Crippen LogP contribution < -0.4 is 10.6 Å². The van der Waals surface area contributed by atoms with Crippen LogP contribution in [0.2, 0.25) is 0 Å². The summed E-state index contributed by atoms with van der Waals surface area (Å²) < 4.78 is 1.17. The van der Waals surface area contributed by atoms with Crippen molar-refractivity contribution in [1.82, 2.24) is 20.5 Å². The highest BCUT2D eigenvalue weighted by atomic mass is 32.1. The van der Waals surface area contributed by atoms with Crippen LogP contribution in [-0.2, 0) is 4.79 Å². The van der Waals surface area contributed by atoms with E-state index >= 15 is 0 Å². The van der Waals surface area contributed by atoms with Gasteiger partial charge in [0.25, 0.3) is 5.91 Å². The molecule has 1 saturated heterocycles. The van der Waals surface area contributed by atoms with E-state index in [9.17, 15) is 9.59 Å². The van der Waals surface area contributed by atoms with Crippen LogP contribution in [0.3, 0.4) is 0 Å². The minimum Gasteiger partial charge on any atom is -0.353 e. The molecule has 1 aliphatic carbocycles. The Morgan fingerprint density at radius 1 is 1.03 bits per heavy atom. The predicted octanol–water partition coefficient (Wildman–Crippen LogP) is 2.66. The first-order valence-corrected chi connectivity index (χ1v) is 10.8. The van der Waals surface area contributed by atoms with Crippen LogP contribution in [0.15, 0.2) is 48.0 Å². The third kappa shape index (κ3) is 3.52. The van der Waals surface area contributed by atoms with E-state index in [4.69, 9.17) is 0 Å². The average Bonchev–Trinajstić information content (AvgIpc) is 3.37. The fraction of sp³-hybridized carbons (Fsp3) is 0.318. The summed E-state index contributed by atoms with van der Waals surface area (Å²) in [4.78, 5) is 31.4. The molecule has 0 atom stereocenters. The Bertz CT molecular complexity index is 1070. The summed E-state index contributed by atoms with van der Waals surface area (Å²) in [5.74, 6) is 0.0579. The summed E-state index contributed by atoms with van der Waals surface area (Å²) in [5.41, 5.74) is 5.27. The van der Waals surface area contributed by atoms with E-state index in [0.717, 1.165) is 29.5 Å². The van der Waals surface area contributed by atoms with Crippen molar-refractivity contribution < 1.29 is 9.59 Å². The largest absolute Gasteiger partial charge is 0.353 e. The van der Waals surface area contributed by atoms with Crippen LogP contribution in [0.1, 0.15) is 23.2 Å². The number of aromatic nitrogens is 1. The van der Waals surface area contributed by atoms with E-state index in [1.54, 1.807) is 11.3 Å². The number of hydrogen-bond acceptors (Lipinski definition) is 5. The number of hydrogen-bond donors (Lipinski definition) is 2. The Morgan fingerprint density at radius 2 is 1.79 bits per heavy atom. The topological polar surface area (TPSA) is 74.3 Å². The fourth-order valence-corrected chi connectivity index (χ4v) is 4.51. The number of benzene rings is 2. The summed E-state index contributed by atoms with van der Waals surface area (Å²) in [6.07, 6.45) is 1.75. The molecule has 2 fully saturated rings. The van der Waals surface area contributed by atoms with E-state index < -0.39 is 0 Å². The number of fused-ring (bicyclic) bond motifs is 1. The minimum atomic E-state index is -0.390. The van der Waals surface area contributed by atoms with Crippen molar-refractivity contribution >= 4 is 33.4 Å². The zero-order valence-electron chi connectivity index (χ0n) is 16.0. The molecule has 29 heavy (non-hydrogen) atoms. The Labute approximate surface area is 172 Å². The third-order valence-corrected chi connectivity index (χ3v) is 6.59. The van der Waals surface area contributed by atoms with Crippen molar-refractivity contribution in [3.05, 3.63) is 53.5 Å². The molecule has 6 nitrogen and oxygen atoms in total. The van der Waals surface area contributed by atoms with Gasteiger partial charge in [-0.3, -0.25) is 9.59 Å². The van der Waals surface area contributed by atoms with Crippen molar-refractivity contribution in [1.29, 1.82) is 0 Å². The summed E-state index contributed by atoms with van der Waals surface area (Å²) in [7, 11) is 0. The molecule has 1 spiro atoms. The third-order valence-electron chi connectivity index (χ3n) is 5.78. The monoisotopic (exact) mass is 406 g/mol. The molecule has 0 bridgehead atoms. The highest BCUT2D eigenvalue weighted by molar-refractivity contribution is 7.16. The first kappa shape index (κ1) is 18.3. The summed E-state index contributed by atoms with van der Waals surface area (Å²) in [6, 6.07) is 14.0. The lowest BCUT2D eigenvalue weighted by Crippen LogP contribution is -2.46. The molecule has 1 saturated carbocycles. The number of carbonyl (C=O) groups is 2. The van der Waals surface area contributed by atoms with Crippen LogP contribution >= 0.6 is 11.3 Å². The molecule has 148 valence electrons. The molecule has 0 radical (unpaired) electrons. The van der Waals surface area contributed by atoms with Crippen LogP contribution in [0.5, 0.6) is 0 Å². The molecule has 0 unspecified atom stereocenters. The maximum absolute atomic E-state index is 13.0. The smallest absolute Gasteiger partial charge is 0.253 e. The summed E-state index contributed by atoms with van der Waals surface area (Å²) >= 11 is 1.63. The minimum absolute atomic E-state index is 0.00528. The first-order chi connectivity index (χ1) is 14.1. The normalized spacial score (nSPS) is 18.8. The lowest BCUT2D eigenvalue weighted by atomic mass is 10.0. The van der Waals surface area contributed by atoms with Gasteiger partial charge in [-0.05, 0) is 48.2 Å². The van der Waals surface area contributed by atoms with Crippen LogP contribution in [-0.4, -0.2) is 53.4 Å². The van der Waals surface area contributed by atoms with Gasteiger partial charge in [0.15, 0.2) is 0 Å². The van der Waals surface area contributed by atoms with Gasteiger partial charge in [0.2, 0.25) is 5.91 Å². The van der Waals surface area contributed by atoms with Gasteiger partial charge in [0, 0.05) is 31.7 Å². The van der Waals surface area contributed by atoms with E-state index in [2.05, 4.69) is 33.8 Å². The zero-order chi connectivity index (χ0) is 19.8. The number of nitrogens with zero attached hydrogens (tertiary/aromatic N) is 2. The van der Waals surface area contributed by atoms with Gasteiger partial charge >= 0.3 is 0 Å². The number of rotatable bonds is 2. The van der Waals surface area contributed by atoms with E-state index in [1.807, 2.05) is 34.7 Å². The second-order valence-corrected chi connectivity index (χ2v) is 8.56. The van der Waals surface area contributed by atoms with Crippen LogP contribution in [0.4, 0.5) is 0 Å². The van der Waals surface area contributed by atoms with Gasteiger partial charge in [-0.25, -0.2) is 4.98 Å². The van der Waals surface area contributed by atoms with Crippen molar-refractivity contribution in [3.63, 3.8) is 0 Å². The Balaban J connectivity index is 1.31. The Morgan fingerprint density at radius 3 is 2.59 bits per heavy atom. The molecule has 3 aromatic rings. The molecular formula is C22H22N4O2S. The predicted molar refractivity (Wildman–Crippen MR) is 114 cm³/mol. The molecule has 1 aromatic heterocycles. The van der Waals surface area contributed by atoms with Crippen LogP contribution in [0.25, 0.3) is 21.3 Å². The van der Waals surface area contributed by atoms with E-state index in [-0.39, 0.29) is 17.4 Å². The average molecular weight is 407 g/mol. The molecule has 5 rings (SSSR count). The standard InChI is InChI=1S/C22H22N4O2S/c27-20(26-11-9-23-21(28)22(7-8-22)25-10-12-26)16-3-1-15(2-4-16)17-5-6-19-18(13-17)24-14-29-19/h1-6,13-14,25H,7-12H2,(H,23,28). The number of amides is 2. The lowest BCUT2D eigenvalue weighted by molar-refractivity contribution is -0.124. The van der Waals surface area contributed by atoms with Gasteiger partial charge < -0.3 is 15.5 Å². The summed E-state index contributed by atoms with van der Waals surface area (Å²) in [6.45, 7) is 2.23. The van der Waals surface area contributed by atoms with E-state index in [0.29, 0.717) is 31.7 Å². The highest BCUT2D eigenvalue weighted by Gasteiger charge is 2.49. The Hall–Kier alpha value is -2.77. The molecular weight excluding hydrogens is 384 g/mol. The number of thiazole rings is 1. The van der Waals surface area contributed by atoms with E-state index in [1.165, 1.54) is 4.70 Å². The van der Waals surface area contributed by atoms with Gasteiger partial charge in [-0.1, -0.05) is 18.2 Å². The molecule has 7 heteroatoms. The maximum Gasteiger partial charge on any atom is 0.253 e. The fourth-order valence-electron chi connectivity index (χ4n) is 3.85. The Kier molecular flexibility index (Phi) is 4.56. The highest BCUT2D eigenvalue weighted by Crippen LogP contribution is 2.35.